The Labute approximate surface area is 476 Å². The Morgan fingerprint density at radius 2 is 0.766 bits per heavy atom. The number of hydrogen-bond acceptors (Lipinski definition) is 8. The third kappa shape index (κ3) is 46.7. The molecular formula is C68H129NO8. The maximum absolute atomic E-state index is 13.1. The molecule has 0 radical (unpaired) electrons. The van der Waals surface area contributed by atoms with E-state index >= 15 is 0 Å². The van der Waals surface area contributed by atoms with Gasteiger partial charge in [0.1, 0.15) is 24.4 Å². The number of ether oxygens (including phenoxy) is 2. The molecular weight excluding hydrogens is 959 g/mol. The van der Waals surface area contributed by atoms with Crippen LogP contribution in [0, 0.1) is 0 Å². The predicted molar refractivity (Wildman–Crippen MR) is 327 cm³/mol. The summed E-state index contributed by atoms with van der Waals surface area (Å²) in [7, 11) is 0. The van der Waals surface area contributed by atoms with E-state index in [1.54, 1.807) is 0 Å². The van der Waals surface area contributed by atoms with Gasteiger partial charge in [-0.15, -0.1) is 0 Å². The van der Waals surface area contributed by atoms with Crippen LogP contribution in [-0.2, 0) is 14.3 Å². The number of carbonyl (C=O) groups is 1. The van der Waals surface area contributed by atoms with Crippen LogP contribution in [0.25, 0.3) is 0 Å². The highest BCUT2D eigenvalue weighted by Crippen LogP contribution is 2.24. The van der Waals surface area contributed by atoms with Gasteiger partial charge in [-0.2, -0.15) is 0 Å². The van der Waals surface area contributed by atoms with Crippen LogP contribution < -0.4 is 5.32 Å². The zero-order valence-corrected chi connectivity index (χ0v) is 50.7. The highest BCUT2D eigenvalue weighted by Gasteiger charge is 2.44. The number of rotatable bonds is 59. The van der Waals surface area contributed by atoms with Crippen LogP contribution in [0.5, 0.6) is 0 Å². The van der Waals surface area contributed by atoms with Gasteiger partial charge >= 0.3 is 0 Å². The van der Waals surface area contributed by atoms with Crippen molar-refractivity contribution in [2.45, 2.75) is 378 Å². The summed E-state index contributed by atoms with van der Waals surface area (Å²) in [6.45, 7) is 3.85. The number of aliphatic hydroxyl groups excluding tert-OH is 5. The van der Waals surface area contributed by atoms with Crippen LogP contribution in [0.1, 0.15) is 335 Å². The zero-order chi connectivity index (χ0) is 55.8. The van der Waals surface area contributed by atoms with Crippen molar-refractivity contribution in [3.63, 3.8) is 0 Å². The number of carbonyl (C=O) groups excluding carboxylic acids is 1. The lowest BCUT2D eigenvalue weighted by molar-refractivity contribution is -0.302. The van der Waals surface area contributed by atoms with Crippen LogP contribution >= 0.6 is 0 Å². The van der Waals surface area contributed by atoms with Gasteiger partial charge < -0.3 is 40.3 Å². The van der Waals surface area contributed by atoms with Gasteiger partial charge in [-0.25, -0.2) is 0 Å². The molecule has 1 rings (SSSR count). The standard InChI is InChI=1S/C68H129NO8/c1-3-5-7-9-11-13-15-17-18-19-20-21-22-23-24-25-26-27-28-29-30-31-32-33-34-35-36-37-38-39-40-41-42-43-44-46-48-50-52-54-56-58-64(72)69-61(60-76-68-67(75)66(74)65(73)63(59-70)77-68)62(71)57-55-53-51-49-47-45-16-14-12-10-8-6-4-2/h15,17,19-20,22-23,61-63,65-68,70-71,73-75H,3-14,16,18,21,24-60H2,1-2H3,(H,69,72)/b17-15-,20-19-,23-22-. The molecule has 0 aliphatic carbocycles. The van der Waals surface area contributed by atoms with Gasteiger partial charge in [0.2, 0.25) is 5.91 Å². The van der Waals surface area contributed by atoms with Gasteiger partial charge in [-0.1, -0.05) is 314 Å². The lowest BCUT2D eigenvalue weighted by atomic mass is 9.99. The van der Waals surface area contributed by atoms with E-state index in [0.29, 0.717) is 12.8 Å². The minimum atomic E-state index is -1.55. The molecule has 7 unspecified atom stereocenters. The Bertz CT molecular complexity index is 1310. The first kappa shape index (κ1) is 73.4. The fourth-order valence-electron chi connectivity index (χ4n) is 10.9. The maximum Gasteiger partial charge on any atom is 0.220 e. The summed E-state index contributed by atoms with van der Waals surface area (Å²) in [5.74, 6) is -0.138. The molecule has 0 saturated carbocycles. The van der Waals surface area contributed by atoms with Crippen LogP contribution in [0.2, 0.25) is 0 Å². The van der Waals surface area contributed by atoms with Crippen molar-refractivity contribution in [3.8, 4) is 0 Å². The summed E-state index contributed by atoms with van der Waals surface area (Å²) >= 11 is 0. The molecule has 0 aromatic rings. The Balaban J connectivity index is 1.99. The number of aliphatic hydroxyl groups is 5. The van der Waals surface area contributed by atoms with Crippen LogP contribution in [-0.4, -0.2) is 87.5 Å². The fraction of sp³-hybridized carbons (Fsp3) is 0.897. The number of unbranched alkanes of at least 4 members (excludes halogenated alkanes) is 43. The van der Waals surface area contributed by atoms with E-state index in [2.05, 4.69) is 55.6 Å². The number of allylic oxidation sites excluding steroid dienone is 6. The van der Waals surface area contributed by atoms with E-state index in [1.807, 2.05) is 0 Å². The van der Waals surface area contributed by atoms with Crippen molar-refractivity contribution in [2.24, 2.45) is 0 Å². The second-order valence-electron chi connectivity index (χ2n) is 23.6. The third-order valence-electron chi connectivity index (χ3n) is 16.2. The molecule has 0 aromatic carbocycles. The molecule has 0 aromatic heterocycles. The maximum atomic E-state index is 13.1. The van der Waals surface area contributed by atoms with Crippen molar-refractivity contribution in [2.75, 3.05) is 13.2 Å². The molecule has 0 bridgehead atoms. The average molecular weight is 1090 g/mol. The first-order chi connectivity index (χ1) is 37.8. The highest BCUT2D eigenvalue weighted by atomic mass is 16.7. The van der Waals surface area contributed by atoms with Crippen LogP contribution in [0.4, 0.5) is 0 Å². The molecule has 1 amide bonds. The Morgan fingerprint density at radius 3 is 1.13 bits per heavy atom. The third-order valence-corrected chi connectivity index (χ3v) is 16.2. The average Bonchev–Trinajstić information content (AvgIpc) is 3.43. The summed E-state index contributed by atoms with van der Waals surface area (Å²) in [4.78, 5) is 13.1. The molecule has 77 heavy (non-hydrogen) atoms. The number of amides is 1. The highest BCUT2D eigenvalue weighted by molar-refractivity contribution is 5.76. The van der Waals surface area contributed by atoms with E-state index in [0.717, 1.165) is 51.4 Å². The van der Waals surface area contributed by atoms with Crippen LogP contribution in [0.15, 0.2) is 36.5 Å². The van der Waals surface area contributed by atoms with E-state index in [4.69, 9.17) is 9.47 Å². The molecule has 1 heterocycles. The molecule has 1 aliphatic rings. The lowest BCUT2D eigenvalue weighted by Crippen LogP contribution is -2.60. The van der Waals surface area contributed by atoms with Gasteiger partial charge in [-0.3, -0.25) is 4.79 Å². The van der Waals surface area contributed by atoms with E-state index < -0.39 is 49.5 Å². The Morgan fingerprint density at radius 1 is 0.442 bits per heavy atom. The minimum Gasteiger partial charge on any atom is -0.394 e. The molecule has 1 saturated heterocycles. The lowest BCUT2D eigenvalue weighted by Gasteiger charge is -2.40. The first-order valence-corrected chi connectivity index (χ1v) is 33.7. The second kappa shape index (κ2) is 57.6. The van der Waals surface area contributed by atoms with Gasteiger partial charge in [0.15, 0.2) is 6.29 Å². The molecule has 1 fully saturated rings. The fourth-order valence-corrected chi connectivity index (χ4v) is 10.9. The predicted octanol–water partition coefficient (Wildman–Crippen LogP) is 17.9. The van der Waals surface area contributed by atoms with Crippen molar-refractivity contribution in [1.29, 1.82) is 0 Å². The molecule has 6 N–H and O–H groups in total. The summed E-state index contributed by atoms with van der Waals surface area (Å²) in [6, 6.07) is -0.716. The minimum absolute atomic E-state index is 0.133. The topological polar surface area (TPSA) is 149 Å². The molecule has 1 aliphatic heterocycles. The molecule has 0 spiro atoms. The van der Waals surface area contributed by atoms with Crippen LogP contribution in [0.3, 0.4) is 0 Å². The van der Waals surface area contributed by atoms with Crippen molar-refractivity contribution in [1.82, 2.24) is 5.32 Å². The molecule has 7 atom stereocenters. The van der Waals surface area contributed by atoms with Crippen molar-refractivity contribution < 1.29 is 39.8 Å². The van der Waals surface area contributed by atoms with Crippen molar-refractivity contribution in [3.05, 3.63) is 36.5 Å². The molecule has 9 nitrogen and oxygen atoms in total. The van der Waals surface area contributed by atoms with Gasteiger partial charge in [-0.05, 0) is 51.4 Å². The van der Waals surface area contributed by atoms with Gasteiger partial charge in [0.25, 0.3) is 0 Å². The second-order valence-corrected chi connectivity index (χ2v) is 23.6. The normalized spacial score (nSPS) is 18.9. The Kier molecular flexibility index (Phi) is 55.0. The van der Waals surface area contributed by atoms with Crippen molar-refractivity contribution >= 4 is 5.91 Å². The quantitative estimate of drug-likeness (QED) is 0.0261. The largest absolute Gasteiger partial charge is 0.394 e. The smallest absolute Gasteiger partial charge is 0.220 e. The van der Waals surface area contributed by atoms with E-state index in [1.165, 1.54) is 257 Å². The number of hydrogen-bond donors (Lipinski definition) is 6. The summed E-state index contributed by atoms with van der Waals surface area (Å²) in [6.07, 6.45) is 69.4. The Hall–Kier alpha value is -1.59. The zero-order valence-electron chi connectivity index (χ0n) is 50.7. The van der Waals surface area contributed by atoms with Gasteiger partial charge in [0.05, 0.1) is 25.4 Å². The summed E-state index contributed by atoms with van der Waals surface area (Å²) < 4.78 is 11.3. The summed E-state index contributed by atoms with van der Waals surface area (Å²) in [5.41, 5.74) is 0. The van der Waals surface area contributed by atoms with Gasteiger partial charge in [0, 0.05) is 6.42 Å². The first-order valence-electron chi connectivity index (χ1n) is 33.7. The number of nitrogens with one attached hydrogen (secondary N) is 1. The van der Waals surface area contributed by atoms with E-state index in [9.17, 15) is 30.3 Å². The SMILES string of the molecule is CCCCCCC/C=C\C/C=C\C/C=C\CCCCCCCCCCCCCCCCCCCCCCCCCCCCC(=O)NC(COC1OC(CO)C(O)C(O)C1O)C(O)CCCCCCCCCCCCCCC. The summed E-state index contributed by atoms with van der Waals surface area (Å²) in [5, 5.41) is 54.7. The molecule has 9 heteroatoms. The van der Waals surface area contributed by atoms with E-state index in [-0.39, 0.29) is 12.5 Å². The molecule has 454 valence electrons. The monoisotopic (exact) mass is 1090 g/mol.